The zero-order valence-electron chi connectivity index (χ0n) is 11.9. The highest BCUT2D eigenvalue weighted by Crippen LogP contribution is 2.21. The molecule has 0 spiro atoms. The van der Waals surface area contributed by atoms with Gasteiger partial charge in [-0.1, -0.05) is 13.8 Å². The second-order valence-electron chi connectivity index (χ2n) is 4.69. The van der Waals surface area contributed by atoms with Gasteiger partial charge in [0.15, 0.2) is 11.6 Å². The van der Waals surface area contributed by atoms with E-state index in [1.807, 2.05) is 13.8 Å². The van der Waals surface area contributed by atoms with E-state index >= 15 is 0 Å². The molecule has 0 saturated heterocycles. The molecule has 0 fully saturated rings. The number of ether oxygens (including phenoxy) is 1. The molecule has 3 N–H and O–H groups in total. The molecule has 0 aliphatic rings. The van der Waals surface area contributed by atoms with Gasteiger partial charge in [0.1, 0.15) is 0 Å². The Labute approximate surface area is 119 Å². The van der Waals surface area contributed by atoms with Gasteiger partial charge in [-0.2, -0.15) is 0 Å². The topological polar surface area (TPSA) is 81.4 Å². The molecule has 20 heavy (non-hydrogen) atoms. The monoisotopic (exact) mass is 304 g/mol. The van der Waals surface area contributed by atoms with Crippen LogP contribution in [0.3, 0.4) is 0 Å². The molecule has 5 nitrogen and oxygen atoms in total. The van der Waals surface area contributed by atoms with Gasteiger partial charge in [0.05, 0.1) is 12.0 Å². The van der Waals surface area contributed by atoms with Gasteiger partial charge in [-0.3, -0.25) is 0 Å². The van der Waals surface area contributed by atoms with Gasteiger partial charge in [-0.05, 0) is 25.0 Å². The van der Waals surface area contributed by atoms with Crippen LogP contribution < -0.4 is 15.2 Å². The summed E-state index contributed by atoms with van der Waals surface area (Å²) in [4.78, 5) is -0.0506. The predicted octanol–water partition coefficient (Wildman–Crippen LogP) is 1.63. The summed E-state index contributed by atoms with van der Waals surface area (Å²) < 4.78 is 44.8. The first kappa shape index (κ1) is 16.9. The van der Waals surface area contributed by atoms with Crippen molar-refractivity contribution in [3.05, 3.63) is 24.0 Å². The van der Waals surface area contributed by atoms with E-state index in [1.54, 1.807) is 0 Å². The maximum atomic E-state index is 13.3. The standard InChI is InChI=1S/C13H21FN2O3S/c1-4-13(15,5-2)9-16-20(17,18)10-6-7-11(14)12(8-10)19-3/h6-8,16H,4-5,9,15H2,1-3H3. The first-order valence-corrected chi connectivity index (χ1v) is 7.88. The van der Waals surface area contributed by atoms with E-state index in [0.29, 0.717) is 12.8 Å². The third kappa shape index (κ3) is 3.91. The maximum Gasteiger partial charge on any atom is 0.240 e. The molecule has 1 aromatic rings. The summed E-state index contributed by atoms with van der Waals surface area (Å²) in [5.41, 5.74) is 5.46. The first-order valence-electron chi connectivity index (χ1n) is 6.40. The lowest BCUT2D eigenvalue weighted by Gasteiger charge is -2.26. The Balaban J connectivity index is 2.95. The maximum absolute atomic E-state index is 13.3. The number of sulfonamides is 1. The van der Waals surface area contributed by atoms with Crippen LogP contribution >= 0.6 is 0 Å². The smallest absolute Gasteiger partial charge is 0.240 e. The Morgan fingerprint density at radius 1 is 1.35 bits per heavy atom. The molecule has 0 radical (unpaired) electrons. The summed E-state index contributed by atoms with van der Waals surface area (Å²) in [6, 6.07) is 3.40. The first-order chi connectivity index (χ1) is 9.28. The summed E-state index contributed by atoms with van der Waals surface area (Å²) in [5, 5.41) is 0. The lowest BCUT2D eigenvalue weighted by molar-refractivity contribution is 0.384. The average Bonchev–Trinajstić information content (AvgIpc) is 2.45. The van der Waals surface area contributed by atoms with Gasteiger partial charge in [0.25, 0.3) is 0 Å². The number of hydrogen-bond acceptors (Lipinski definition) is 4. The molecule has 114 valence electrons. The average molecular weight is 304 g/mol. The fraction of sp³-hybridized carbons (Fsp3) is 0.538. The van der Waals surface area contributed by atoms with Crippen molar-refractivity contribution in [3.8, 4) is 5.75 Å². The number of halogens is 1. The summed E-state index contributed by atoms with van der Waals surface area (Å²) in [6.45, 7) is 3.93. The van der Waals surface area contributed by atoms with E-state index in [-0.39, 0.29) is 17.2 Å². The molecule has 0 saturated carbocycles. The Kier molecular flexibility index (Phi) is 5.50. The van der Waals surface area contributed by atoms with Gasteiger partial charge in [-0.15, -0.1) is 0 Å². The lowest BCUT2D eigenvalue weighted by atomic mass is 9.95. The molecule has 0 heterocycles. The van der Waals surface area contributed by atoms with Crippen molar-refractivity contribution in [2.75, 3.05) is 13.7 Å². The van der Waals surface area contributed by atoms with E-state index < -0.39 is 21.4 Å². The van der Waals surface area contributed by atoms with Crippen molar-refractivity contribution < 1.29 is 17.5 Å². The minimum atomic E-state index is -3.74. The van der Waals surface area contributed by atoms with Gasteiger partial charge < -0.3 is 10.5 Å². The summed E-state index contributed by atoms with van der Waals surface area (Å²) in [6.07, 6.45) is 1.30. The number of methoxy groups -OCH3 is 1. The van der Waals surface area contributed by atoms with Gasteiger partial charge in [-0.25, -0.2) is 17.5 Å². The Morgan fingerprint density at radius 2 is 1.95 bits per heavy atom. The Morgan fingerprint density at radius 3 is 2.45 bits per heavy atom. The third-order valence-electron chi connectivity index (χ3n) is 3.46. The number of hydrogen-bond donors (Lipinski definition) is 2. The van der Waals surface area contributed by atoms with E-state index in [2.05, 4.69) is 4.72 Å². The van der Waals surface area contributed by atoms with Crippen molar-refractivity contribution in [3.63, 3.8) is 0 Å². The van der Waals surface area contributed by atoms with Gasteiger partial charge in [0, 0.05) is 18.2 Å². The van der Waals surface area contributed by atoms with Crippen molar-refractivity contribution in [1.82, 2.24) is 4.72 Å². The van der Waals surface area contributed by atoms with Crippen LogP contribution in [0.1, 0.15) is 26.7 Å². The Hall–Kier alpha value is -1.18. The predicted molar refractivity (Wildman–Crippen MR) is 75.6 cm³/mol. The van der Waals surface area contributed by atoms with E-state index in [4.69, 9.17) is 10.5 Å². The third-order valence-corrected chi connectivity index (χ3v) is 4.85. The molecule has 1 rings (SSSR count). The normalized spacial score (nSPS) is 12.4. The van der Waals surface area contributed by atoms with Crippen LogP contribution in [-0.4, -0.2) is 27.6 Å². The Bertz CT molecular complexity index is 557. The van der Waals surface area contributed by atoms with E-state index in [1.165, 1.54) is 13.2 Å². The summed E-state index contributed by atoms with van der Waals surface area (Å²) in [5.74, 6) is -0.723. The molecule has 0 aliphatic heterocycles. The minimum absolute atomic E-state index is 0.0506. The number of nitrogens with one attached hydrogen (secondary N) is 1. The van der Waals surface area contributed by atoms with Crippen LogP contribution in [0.15, 0.2) is 23.1 Å². The molecule has 0 amide bonds. The largest absolute Gasteiger partial charge is 0.494 e. The molecule has 0 bridgehead atoms. The van der Waals surface area contributed by atoms with Gasteiger partial charge >= 0.3 is 0 Å². The van der Waals surface area contributed by atoms with Crippen LogP contribution in [0.25, 0.3) is 0 Å². The van der Waals surface area contributed by atoms with Gasteiger partial charge in [0.2, 0.25) is 10.0 Å². The van der Waals surface area contributed by atoms with Crippen LogP contribution in [0, 0.1) is 5.82 Å². The molecular formula is C13H21FN2O3S. The van der Waals surface area contributed by atoms with Crippen molar-refractivity contribution in [2.45, 2.75) is 37.1 Å². The number of nitrogens with two attached hydrogens (primary N) is 1. The highest BCUT2D eigenvalue weighted by Gasteiger charge is 2.24. The molecule has 0 aliphatic carbocycles. The summed E-state index contributed by atoms with van der Waals surface area (Å²) >= 11 is 0. The highest BCUT2D eigenvalue weighted by molar-refractivity contribution is 7.89. The van der Waals surface area contributed by atoms with Crippen molar-refractivity contribution in [2.24, 2.45) is 5.73 Å². The quantitative estimate of drug-likeness (QED) is 0.802. The fourth-order valence-electron chi connectivity index (χ4n) is 1.63. The molecule has 1 aromatic carbocycles. The van der Waals surface area contributed by atoms with Crippen molar-refractivity contribution in [1.29, 1.82) is 0 Å². The molecule has 7 heteroatoms. The molecule has 0 unspecified atom stereocenters. The number of benzene rings is 1. The second kappa shape index (κ2) is 6.51. The lowest BCUT2D eigenvalue weighted by Crippen LogP contribution is -2.49. The van der Waals surface area contributed by atoms with E-state index in [0.717, 1.165) is 12.1 Å². The molecular weight excluding hydrogens is 283 g/mol. The van der Waals surface area contributed by atoms with Crippen LogP contribution in [0.4, 0.5) is 4.39 Å². The molecule has 0 atom stereocenters. The SMILES string of the molecule is CCC(N)(CC)CNS(=O)(=O)c1ccc(F)c(OC)c1. The van der Waals surface area contributed by atoms with Crippen LogP contribution in [0.5, 0.6) is 5.75 Å². The minimum Gasteiger partial charge on any atom is -0.494 e. The van der Waals surface area contributed by atoms with Crippen molar-refractivity contribution >= 4 is 10.0 Å². The fourth-order valence-corrected chi connectivity index (χ4v) is 2.78. The summed E-state index contributed by atoms with van der Waals surface area (Å²) in [7, 11) is -2.46. The van der Waals surface area contributed by atoms with E-state index in [9.17, 15) is 12.8 Å². The molecule has 0 aromatic heterocycles. The highest BCUT2D eigenvalue weighted by atomic mass is 32.2. The van der Waals surface area contributed by atoms with Crippen LogP contribution in [0.2, 0.25) is 0 Å². The zero-order valence-corrected chi connectivity index (χ0v) is 12.8. The number of rotatable bonds is 7. The second-order valence-corrected chi connectivity index (χ2v) is 6.46. The van der Waals surface area contributed by atoms with Crippen LogP contribution in [-0.2, 0) is 10.0 Å². The zero-order chi connectivity index (χ0) is 15.4.